The molecule has 1 saturated heterocycles. The fourth-order valence-electron chi connectivity index (χ4n) is 2.87. The molecule has 0 saturated carbocycles. The van der Waals surface area contributed by atoms with Gasteiger partial charge in [0.1, 0.15) is 5.82 Å². The zero-order chi connectivity index (χ0) is 18.8. The molecular formula is C18H15Cl2F3N2O. The molecule has 1 aliphatic rings. The van der Waals surface area contributed by atoms with Crippen LogP contribution < -0.4 is 0 Å². The maximum atomic E-state index is 13.9. The SMILES string of the molecule is O=C(c1cc(F)c(F)cc1Cl)N1CCN(Cc2c(F)cccc2Cl)CC1. The Labute approximate surface area is 158 Å². The zero-order valence-corrected chi connectivity index (χ0v) is 15.1. The van der Waals surface area contributed by atoms with E-state index >= 15 is 0 Å². The maximum absolute atomic E-state index is 13.9. The molecule has 0 bridgehead atoms. The lowest BCUT2D eigenvalue weighted by molar-refractivity contribution is 0.0626. The molecule has 0 radical (unpaired) electrons. The quantitative estimate of drug-likeness (QED) is 0.711. The van der Waals surface area contributed by atoms with Gasteiger partial charge in [-0.3, -0.25) is 9.69 Å². The summed E-state index contributed by atoms with van der Waals surface area (Å²) in [6.45, 7) is 2.05. The van der Waals surface area contributed by atoms with Crippen molar-refractivity contribution in [1.82, 2.24) is 9.80 Å². The van der Waals surface area contributed by atoms with Gasteiger partial charge in [0.25, 0.3) is 5.91 Å². The molecule has 0 spiro atoms. The van der Waals surface area contributed by atoms with E-state index in [0.29, 0.717) is 43.3 Å². The average Bonchev–Trinajstić information content (AvgIpc) is 2.61. The summed E-state index contributed by atoms with van der Waals surface area (Å²) < 4.78 is 40.5. The molecule has 2 aromatic carbocycles. The number of benzene rings is 2. The molecular weight excluding hydrogens is 388 g/mol. The first-order valence-electron chi connectivity index (χ1n) is 7.96. The van der Waals surface area contributed by atoms with E-state index in [4.69, 9.17) is 23.2 Å². The number of carbonyl (C=O) groups is 1. The Hall–Kier alpha value is -1.76. The van der Waals surface area contributed by atoms with E-state index in [9.17, 15) is 18.0 Å². The van der Waals surface area contributed by atoms with E-state index in [1.807, 2.05) is 4.90 Å². The predicted octanol–water partition coefficient (Wildman–Crippen LogP) is 4.37. The largest absolute Gasteiger partial charge is 0.336 e. The lowest BCUT2D eigenvalue weighted by atomic mass is 10.1. The Bertz CT molecular complexity index is 819. The third-order valence-electron chi connectivity index (χ3n) is 4.34. The second-order valence-electron chi connectivity index (χ2n) is 6.01. The van der Waals surface area contributed by atoms with E-state index in [-0.39, 0.29) is 16.4 Å². The highest BCUT2D eigenvalue weighted by Gasteiger charge is 2.25. The Morgan fingerprint density at radius 1 is 0.923 bits per heavy atom. The van der Waals surface area contributed by atoms with Crippen molar-refractivity contribution in [2.75, 3.05) is 26.2 Å². The number of hydrogen-bond donors (Lipinski definition) is 0. The first-order chi connectivity index (χ1) is 12.4. The molecule has 0 atom stereocenters. The minimum absolute atomic E-state index is 0.0730. The van der Waals surface area contributed by atoms with Gasteiger partial charge in [-0.15, -0.1) is 0 Å². The first kappa shape index (κ1) is 19.0. The van der Waals surface area contributed by atoms with Gasteiger partial charge in [0.05, 0.1) is 10.6 Å². The van der Waals surface area contributed by atoms with Crippen molar-refractivity contribution in [3.8, 4) is 0 Å². The van der Waals surface area contributed by atoms with Gasteiger partial charge in [0, 0.05) is 43.3 Å². The summed E-state index contributed by atoms with van der Waals surface area (Å²) in [6.07, 6.45) is 0. The fraction of sp³-hybridized carbons (Fsp3) is 0.278. The number of amides is 1. The van der Waals surface area contributed by atoms with Crippen LogP contribution in [0.2, 0.25) is 10.0 Å². The van der Waals surface area contributed by atoms with E-state index in [0.717, 1.165) is 12.1 Å². The van der Waals surface area contributed by atoms with Crippen LogP contribution in [0, 0.1) is 17.5 Å². The zero-order valence-electron chi connectivity index (χ0n) is 13.6. The van der Waals surface area contributed by atoms with Gasteiger partial charge >= 0.3 is 0 Å². The third-order valence-corrected chi connectivity index (χ3v) is 5.01. The fourth-order valence-corrected chi connectivity index (χ4v) is 3.33. The van der Waals surface area contributed by atoms with Crippen molar-refractivity contribution in [3.05, 3.63) is 69.0 Å². The molecule has 1 aliphatic heterocycles. The van der Waals surface area contributed by atoms with Gasteiger partial charge in [-0.25, -0.2) is 13.2 Å². The highest BCUT2D eigenvalue weighted by molar-refractivity contribution is 6.33. The molecule has 0 N–H and O–H groups in total. The van der Waals surface area contributed by atoms with Crippen molar-refractivity contribution in [2.24, 2.45) is 0 Å². The molecule has 2 aromatic rings. The molecule has 0 aromatic heterocycles. The van der Waals surface area contributed by atoms with Gasteiger partial charge in [0.2, 0.25) is 0 Å². The summed E-state index contributed by atoms with van der Waals surface area (Å²) in [5, 5.41) is 0.228. The monoisotopic (exact) mass is 402 g/mol. The smallest absolute Gasteiger partial charge is 0.255 e. The molecule has 26 heavy (non-hydrogen) atoms. The third kappa shape index (κ3) is 3.98. The number of carbonyl (C=O) groups excluding carboxylic acids is 1. The number of halogens is 5. The van der Waals surface area contributed by atoms with Crippen LogP contribution in [0.1, 0.15) is 15.9 Å². The highest BCUT2D eigenvalue weighted by Crippen LogP contribution is 2.24. The number of nitrogens with zero attached hydrogens (tertiary/aromatic N) is 2. The minimum atomic E-state index is -1.12. The van der Waals surface area contributed by atoms with E-state index in [1.54, 1.807) is 12.1 Å². The summed E-state index contributed by atoms with van der Waals surface area (Å²) >= 11 is 11.9. The summed E-state index contributed by atoms with van der Waals surface area (Å²) in [5.41, 5.74) is 0.341. The molecule has 1 fully saturated rings. The molecule has 3 rings (SSSR count). The Balaban J connectivity index is 1.65. The summed E-state index contributed by atoms with van der Waals surface area (Å²) in [5.74, 6) is -3.05. The summed E-state index contributed by atoms with van der Waals surface area (Å²) in [6, 6.07) is 6.13. The van der Waals surface area contributed by atoms with E-state index < -0.39 is 17.5 Å². The van der Waals surface area contributed by atoms with Crippen molar-refractivity contribution in [3.63, 3.8) is 0 Å². The van der Waals surface area contributed by atoms with Crippen LogP contribution in [0.25, 0.3) is 0 Å². The summed E-state index contributed by atoms with van der Waals surface area (Å²) in [4.78, 5) is 16.0. The summed E-state index contributed by atoms with van der Waals surface area (Å²) in [7, 11) is 0. The number of piperazine rings is 1. The van der Waals surface area contributed by atoms with Crippen LogP contribution in [0.5, 0.6) is 0 Å². The number of hydrogen-bond acceptors (Lipinski definition) is 2. The molecule has 0 aliphatic carbocycles. The van der Waals surface area contributed by atoms with Crippen LogP contribution in [-0.4, -0.2) is 41.9 Å². The van der Waals surface area contributed by atoms with Crippen LogP contribution >= 0.6 is 23.2 Å². The van der Waals surface area contributed by atoms with E-state index in [1.165, 1.54) is 11.0 Å². The molecule has 0 unspecified atom stereocenters. The lowest BCUT2D eigenvalue weighted by Gasteiger charge is -2.35. The lowest BCUT2D eigenvalue weighted by Crippen LogP contribution is -2.48. The Morgan fingerprint density at radius 3 is 2.23 bits per heavy atom. The molecule has 8 heteroatoms. The Kier molecular flexibility index (Phi) is 5.75. The second kappa shape index (κ2) is 7.86. The highest BCUT2D eigenvalue weighted by atomic mass is 35.5. The van der Waals surface area contributed by atoms with Crippen molar-refractivity contribution in [2.45, 2.75) is 6.54 Å². The molecule has 3 nitrogen and oxygen atoms in total. The maximum Gasteiger partial charge on any atom is 0.255 e. The minimum Gasteiger partial charge on any atom is -0.336 e. The average molecular weight is 403 g/mol. The van der Waals surface area contributed by atoms with Crippen molar-refractivity contribution in [1.29, 1.82) is 0 Å². The van der Waals surface area contributed by atoms with Gasteiger partial charge in [-0.05, 0) is 24.3 Å². The topological polar surface area (TPSA) is 23.6 Å². The van der Waals surface area contributed by atoms with Crippen LogP contribution in [0.4, 0.5) is 13.2 Å². The van der Waals surface area contributed by atoms with E-state index in [2.05, 4.69) is 0 Å². The van der Waals surface area contributed by atoms with Gasteiger partial charge in [-0.2, -0.15) is 0 Å². The predicted molar refractivity (Wildman–Crippen MR) is 94.0 cm³/mol. The Morgan fingerprint density at radius 2 is 1.58 bits per heavy atom. The van der Waals surface area contributed by atoms with Crippen molar-refractivity contribution >= 4 is 29.1 Å². The van der Waals surface area contributed by atoms with Gasteiger partial charge < -0.3 is 4.90 Å². The number of rotatable bonds is 3. The second-order valence-corrected chi connectivity index (χ2v) is 6.83. The molecule has 138 valence electrons. The van der Waals surface area contributed by atoms with Crippen LogP contribution in [0.15, 0.2) is 30.3 Å². The molecule has 1 amide bonds. The van der Waals surface area contributed by atoms with Crippen LogP contribution in [-0.2, 0) is 6.54 Å². The standard InChI is InChI=1S/C18H15Cl2F3N2O/c19-13-2-1-3-15(21)12(13)10-24-4-6-25(7-5-24)18(26)11-8-16(22)17(23)9-14(11)20/h1-3,8-9H,4-7,10H2. The first-order valence-corrected chi connectivity index (χ1v) is 8.71. The van der Waals surface area contributed by atoms with Gasteiger partial charge in [-0.1, -0.05) is 29.3 Å². The van der Waals surface area contributed by atoms with Gasteiger partial charge in [0.15, 0.2) is 11.6 Å². The molecule has 1 heterocycles. The normalized spacial score (nSPS) is 15.3. The van der Waals surface area contributed by atoms with Crippen LogP contribution in [0.3, 0.4) is 0 Å². The van der Waals surface area contributed by atoms with Crippen molar-refractivity contribution < 1.29 is 18.0 Å².